The van der Waals surface area contributed by atoms with Crippen molar-refractivity contribution < 1.29 is 14.6 Å². The first-order valence-electron chi connectivity index (χ1n) is 6.55. The minimum Gasteiger partial charge on any atom is -0.449 e. The maximum absolute atomic E-state index is 10.5. The molecule has 1 aliphatic rings. The lowest BCUT2D eigenvalue weighted by molar-refractivity contribution is 0.144. The second-order valence-electron chi connectivity index (χ2n) is 4.88. The Morgan fingerprint density at radius 1 is 1.55 bits per heavy atom. The fraction of sp³-hybridized carbons (Fsp3) is 0.333. The summed E-state index contributed by atoms with van der Waals surface area (Å²) in [6.07, 6.45) is 3.64. The molecule has 0 amide bonds. The van der Waals surface area contributed by atoms with Gasteiger partial charge < -0.3 is 20.9 Å². The zero-order valence-corrected chi connectivity index (χ0v) is 12.9. The van der Waals surface area contributed by atoms with Crippen molar-refractivity contribution in [1.82, 2.24) is 19.7 Å². The number of hydrogen-bond donors (Lipinski definition) is 3. The number of nitrogens with zero attached hydrogens (tertiary/aromatic N) is 4. The monoisotopic (exact) mass is 368 g/mol. The number of rotatable bonds is 5. The molecule has 0 aromatic carbocycles. The molecule has 4 N–H and O–H groups in total. The van der Waals surface area contributed by atoms with Crippen LogP contribution in [0.4, 0.5) is 16.4 Å². The van der Waals surface area contributed by atoms with Crippen LogP contribution in [0.5, 0.6) is 5.75 Å². The molecule has 0 saturated heterocycles. The minimum atomic E-state index is -1.41. The Bertz CT molecular complexity index is 715. The number of ether oxygens (including phenoxy) is 1. The standard InChI is InChI=1S/C12H13BrN6O3/c13-8-9(14)17-11(18-10(8)15-3-6-1-2-6)19-5-7(4-16-19)22-12(20)21/h4-6H,1-3H2,(H,20,21)(H3,14,15,17,18). The molecule has 3 rings (SSSR count). The van der Waals surface area contributed by atoms with Gasteiger partial charge in [-0.2, -0.15) is 15.1 Å². The van der Waals surface area contributed by atoms with E-state index in [0.717, 1.165) is 6.54 Å². The number of nitrogens with one attached hydrogen (secondary N) is 1. The van der Waals surface area contributed by atoms with Crippen molar-refractivity contribution >= 4 is 33.7 Å². The molecule has 1 aliphatic carbocycles. The van der Waals surface area contributed by atoms with Gasteiger partial charge in [-0.05, 0) is 34.7 Å². The van der Waals surface area contributed by atoms with Gasteiger partial charge in [0.1, 0.15) is 16.1 Å². The summed E-state index contributed by atoms with van der Waals surface area (Å²) in [5.41, 5.74) is 5.86. The van der Waals surface area contributed by atoms with E-state index in [4.69, 9.17) is 10.8 Å². The summed E-state index contributed by atoms with van der Waals surface area (Å²) in [6.45, 7) is 0.820. The molecule has 2 aromatic heterocycles. The predicted molar refractivity (Wildman–Crippen MR) is 81.1 cm³/mol. The molecule has 9 nitrogen and oxygen atoms in total. The molecule has 0 radical (unpaired) electrons. The molecule has 0 spiro atoms. The predicted octanol–water partition coefficient (Wildman–Crippen LogP) is 1.89. The number of nitrogen functional groups attached to an aromatic ring is 1. The Morgan fingerprint density at radius 2 is 2.32 bits per heavy atom. The third-order valence-electron chi connectivity index (χ3n) is 3.09. The molecule has 2 heterocycles. The molecule has 0 bridgehead atoms. The number of hydrogen-bond acceptors (Lipinski definition) is 7. The van der Waals surface area contributed by atoms with Gasteiger partial charge in [-0.3, -0.25) is 0 Å². The van der Waals surface area contributed by atoms with Crippen LogP contribution in [0.3, 0.4) is 0 Å². The lowest BCUT2D eigenvalue weighted by Crippen LogP contribution is -2.11. The van der Waals surface area contributed by atoms with Gasteiger partial charge in [0.25, 0.3) is 5.95 Å². The van der Waals surface area contributed by atoms with Gasteiger partial charge in [0.05, 0.1) is 12.4 Å². The summed E-state index contributed by atoms with van der Waals surface area (Å²) in [7, 11) is 0. The number of anilines is 2. The summed E-state index contributed by atoms with van der Waals surface area (Å²) in [5.74, 6) is 1.81. The maximum Gasteiger partial charge on any atom is 0.511 e. The highest BCUT2D eigenvalue weighted by Gasteiger charge is 2.22. The van der Waals surface area contributed by atoms with E-state index in [9.17, 15) is 4.79 Å². The van der Waals surface area contributed by atoms with Crippen molar-refractivity contribution in [3.05, 3.63) is 16.9 Å². The van der Waals surface area contributed by atoms with E-state index in [1.54, 1.807) is 0 Å². The normalized spacial score (nSPS) is 13.9. The Labute approximate surface area is 133 Å². The van der Waals surface area contributed by atoms with Crippen LogP contribution in [0.15, 0.2) is 16.9 Å². The molecule has 1 fully saturated rings. The number of carbonyl (C=O) groups is 1. The fourth-order valence-corrected chi connectivity index (χ4v) is 2.12. The van der Waals surface area contributed by atoms with Crippen LogP contribution >= 0.6 is 15.9 Å². The molecular formula is C12H13BrN6O3. The Hall–Kier alpha value is -2.36. The molecule has 10 heteroatoms. The van der Waals surface area contributed by atoms with Crippen molar-refractivity contribution in [2.24, 2.45) is 5.92 Å². The van der Waals surface area contributed by atoms with Crippen LogP contribution < -0.4 is 15.8 Å². The highest BCUT2D eigenvalue weighted by Crippen LogP contribution is 2.31. The van der Waals surface area contributed by atoms with E-state index in [-0.39, 0.29) is 17.5 Å². The summed E-state index contributed by atoms with van der Waals surface area (Å²) < 4.78 is 6.39. The first-order chi connectivity index (χ1) is 10.5. The average molecular weight is 369 g/mol. The van der Waals surface area contributed by atoms with Crippen molar-refractivity contribution in [3.63, 3.8) is 0 Å². The lowest BCUT2D eigenvalue weighted by Gasteiger charge is -2.10. The van der Waals surface area contributed by atoms with Crippen LogP contribution in [-0.2, 0) is 0 Å². The Kier molecular flexibility index (Phi) is 3.84. The fourth-order valence-electron chi connectivity index (χ4n) is 1.80. The van der Waals surface area contributed by atoms with Crippen LogP contribution in [-0.4, -0.2) is 37.6 Å². The highest BCUT2D eigenvalue weighted by atomic mass is 79.9. The summed E-state index contributed by atoms with van der Waals surface area (Å²) in [5, 5.41) is 15.8. The van der Waals surface area contributed by atoms with Gasteiger partial charge in [0, 0.05) is 6.54 Å². The molecule has 22 heavy (non-hydrogen) atoms. The quantitative estimate of drug-likeness (QED) is 0.682. The van der Waals surface area contributed by atoms with E-state index in [1.807, 2.05) is 0 Å². The Morgan fingerprint density at radius 3 is 3.00 bits per heavy atom. The van der Waals surface area contributed by atoms with E-state index >= 15 is 0 Å². The number of halogens is 1. The molecule has 2 aromatic rings. The van der Waals surface area contributed by atoms with E-state index in [1.165, 1.54) is 29.9 Å². The van der Waals surface area contributed by atoms with Gasteiger partial charge in [-0.15, -0.1) is 0 Å². The molecule has 116 valence electrons. The summed E-state index contributed by atoms with van der Waals surface area (Å²) in [4.78, 5) is 19.0. The number of aromatic nitrogens is 4. The molecular weight excluding hydrogens is 356 g/mol. The van der Waals surface area contributed by atoms with Gasteiger partial charge >= 0.3 is 6.16 Å². The molecule has 0 aliphatic heterocycles. The van der Waals surface area contributed by atoms with Crippen LogP contribution in [0.2, 0.25) is 0 Å². The maximum atomic E-state index is 10.5. The topological polar surface area (TPSA) is 128 Å². The molecule has 1 saturated carbocycles. The lowest BCUT2D eigenvalue weighted by atomic mass is 10.4. The molecule has 0 unspecified atom stereocenters. The first-order valence-corrected chi connectivity index (χ1v) is 7.35. The third-order valence-corrected chi connectivity index (χ3v) is 3.87. The second-order valence-corrected chi connectivity index (χ2v) is 5.68. The first kappa shape index (κ1) is 14.6. The zero-order valence-electron chi connectivity index (χ0n) is 11.4. The van der Waals surface area contributed by atoms with Gasteiger partial charge in [0.2, 0.25) is 0 Å². The second kappa shape index (κ2) is 5.79. The van der Waals surface area contributed by atoms with E-state index in [2.05, 4.69) is 41.1 Å². The minimum absolute atomic E-state index is 0.0741. The third kappa shape index (κ3) is 3.27. The molecule has 0 atom stereocenters. The largest absolute Gasteiger partial charge is 0.511 e. The van der Waals surface area contributed by atoms with Crippen LogP contribution in [0.25, 0.3) is 5.95 Å². The van der Waals surface area contributed by atoms with E-state index < -0.39 is 6.16 Å². The van der Waals surface area contributed by atoms with Gasteiger partial charge in [0.15, 0.2) is 5.75 Å². The van der Waals surface area contributed by atoms with E-state index in [0.29, 0.717) is 16.2 Å². The van der Waals surface area contributed by atoms with Crippen molar-refractivity contribution in [3.8, 4) is 11.7 Å². The van der Waals surface area contributed by atoms with Crippen LogP contribution in [0.1, 0.15) is 12.8 Å². The van der Waals surface area contributed by atoms with Crippen LogP contribution in [0, 0.1) is 5.92 Å². The zero-order chi connectivity index (χ0) is 15.7. The van der Waals surface area contributed by atoms with Crippen molar-refractivity contribution in [2.45, 2.75) is 12.8 Å². The SMILES string of the molecule is Nc1nc(-n2cc(OC(=O)O)cn2)nc(NCC2CC2)c1Br. The highest BCUT2D eigenvalue weighted by molar-refractivity contribution is 9.10. The van der Waals surface area contributed by atoms with Crippen molar-refractivity contribution in [2.75, 3.05) is 17.6 Å². The van der Waals surface area contributed by atoms with Gasteiger partial charge in [-0.1, -0.05) is 0 Å². The van der Waals surface area contributed by atoms with Gasteiger partial charge in [-0.25, -0.2) is 9.48 Å². The van der Waals surface area contributed by atoms with Crippen molar-refractivity contribution in [1.29, 1.82) is 0 Å². The average Bonchev–Trinajstić information content (AvgIpc) is 3.18. The number of carboxylic acid groups (broad SMARTS) is 1. The Balaban J connectivity index is 1.85. The summed E-state index contributed by atoms with van der Waals surface area (Å²) >= 11 is 3.35. The summed E-state index contributed by atoms with van der Waals surface area (Å²) in [6, 6.07) is 0. The number of nitrogens with two attached hydrogens (primary N) is 1. The smallest absolute Gasteiger partial charge is 0.449 e.